The molecule has 21 heavy (non-hydrogen) atoms. The molecular formula is C15H18N2O4. The summed E-state index contributed by atoms with van der Waals surface area (Å²) in [7, 11) is 0. The molecule has 2 rings (SSSR count). The van der Waals surface area contributed by atoms with Crippen LogP contribution in [-0.4, -0.2) is 23.3 Å². The summed E-state index contributed by atoms with van der Waals surface area (Å²) in [6.07, 6.45) is 3.35. The maximum atomic E-state index is 11.8. The lowest BCUT2D eigenvalue weighted by molar-refractivity contribution is -0.130. The Kier molecular flexibility index (Phi) is 5.20. The van der Waals surface area contributed by atoms with Crippen LogP contribution < -0.4 is 5.32 Å². The fourth-order valence-electron chi connectivity index (χ4n) is 1.86. The molecule has 0 atom stereocenters. The maximum Gasteiger partial charge on any atom is 0.222 e. The Hall–Kier alpha value is -2.50. The van der Waals surface area contributed by atoms with Gasteiger partial charge in [0, 0.05) is 19.9 Å². The number of nitrogens with zero attached hydrogens (tertiary/aromatic N) is 1. The maximum absolute atomic E-state index is 11.8. The molecule has 0 radical (unpaired) electrons. The van der Waals surface area contributed by atoms with Gasteiger partial charge in [0.2, 0.25) is 11.8 Å². The number of carbonyl (C=O) groups is 2. The van der Waals surface area contributed by atoms with Crippen molar-refractivity contribution >= 4 is 11.8 Å². The molecule has 0 fully saturated rings. The second-order valence-electron chi connectivity index (χ2n) is 4.63. The number of hydrogen-bond acceptors (Lipinski definition) is 4. The van der Waals surface area contributed by atoms with Crippen LogP contribution in [0.25, 0.3) is 0 Å². The van der Waals surface area contributed by atoms with Crippen LogP contribution in [0, 0.1) is 0 Å². The van der Waals surface area contributed by atoms with E-state index in [0.29, 0.717) is 31.2 Å². The summed E-state index contributed by atoms with van der Waals surface area (Å²) >= 11 is 0. The molecule has 2 heterocycles. The van der Waals surface area contributed by atoms with Crippen molar-refractivity contribution in [2.24, 2.45) is 0 Å². The molecular weight excluding hydrogens is 272 g/mol. The number of rotatable bonds is 7. The lowest BCUT2D eigenvalue weighted by Gasteiger charge is -2.19. The minimum Gasteiger partial charge on any atom is -0.467 e. The minimum atomic E-state index is -0.128. The molecule has 6 heteroatoms. The van der Waals surface area contributed by atoms with Crippen molar-refractivity contribution in [2.45, 2.75) is 26.4 Å². The molecule has 0 spiro atoms. The van der Waals surface area contributed by atoms with Gasteiger partial charge in [0.25, 0.3) is 0 Å². The first-order valence-electron chi connectivity index (χ1n) is 6.72. The molecule has 0 bridgehead atoms. The van der Waals surface area contributed by atoms with Crippen molar-refractivity contribution < 1.29 is 18.4 Å². The third-order valence-electron chi connectivity index (χ3n) is 3.02. The van der Waals surface area contributed by atoms with Gasteiger partial charge in [0.15, 0.2) is 0 Å². The van der Waals surface area contributed by atoms with E-state index in [1.807, 2.05) is 0 Å². The van der Waals surface area contributed by atoms with E-state index < -0.39 is 0 Å². The van der Waals surface area contributed by atoms with Crippen LogP contribution in [0.15, 0.2) is 45.6 Å². The Morgan fingerprint density at radius 3 is 2.38 bits per heavy atom. The Balaban J connectivity index is 1.75. The van der Waals surface area contributed by atoms with Crippen LogP contribution in [0.5, 0.6) is 0 Å². The molecule has 0 aromatic carbocycles. The van der Waals surface area contributed by atoms with Crippen molar-refractivity contribution in [1.29, 1.82) is 0 Å². The number of amides is 2. The molecule has 0 aliphatic carbocycles. The van der Waals surface area contributed by atoms with E-state index in [9.17, 15) is 9.59 Å². The summed E-state index contributed by atoms with van der Waals surface area (Å²) in [6, 6.07) is 7.12. The average molecular weight is 290 g/mol. The van der Waals surface area contributed by atoms with E-state index in [4.69, 9.17) is 8.83 Å². The van der Waals surface area contributed by atoms with Gasteiger partial charge in [0.05, 0.1) is 25.6 Å². The molecule has 0 aliphatic rings. The highest BCUT2D eigenvalue weighted by atomic mass is 16.3. The Labute approximate surface area is 122 Å². The van der Waals surface area contributed by atoms with Gasteiger partial charge >= 0.3 is 0 Å². The molecule has 0 unspecified atom stereocenters. The fraction of sp³-hybridized carbons (Fsp3) is 0.333. The zero-order chi connectivity index (χ0) is 15.1. The van der Waals surface area contributed by atoms with Crippen molar-refractivity contribution in [3.05, 3.63) is 48.3 Å². The predicted octanol–water partition coefficient (Wildman–Crippen LogP) is 1.93. The summed E-state index contributed by atoms with van der Waals surface area (Å²) in [4.78, 5) is 24.9. The number of carbonyl (C=O) groups excluding carboxylic acids is 2. The molecule has 6 nitrogen and oxygen atoms in total. The van der Waals surface area contributed by atoms with Crippen molar-refractivity contribution in [3.8, 4) is 0 Å². The number of furan rings is 2. The second-order valence-corrected chi connectivity index (χ2v) is 4.63. The summed E-state index contributed by atoms with van der Waals surface area (Å²) in [5, 5.41) is 2.74. The zero-order valence-electron chi connectivity index (χ0n) is 11.9. The van der Waals surface area contributed by atoms with Gasteiger partial charge in [-0.25, -0.2) is 0 Å². The molecule has 2 amide bonds. The normalized spacial score (nSPS) is 10.3. The quantitative estimate of drug-likeness (QED) is 0.845. The van der Waals surface area contributed by atoms with Crippen LogP contribution in [0.3, 0.4) is 0 Å². The Morgan fingerprint density at radius 1 is 1.14 bits per heavy atom. The van der Waals surface area contributed by atoms with E-state index >= 15 is 0 Å². The third-order valence-corrected chi connectivity index (χ3v) is 3.02. The first-order valence-corrected chi connectivity index (χ1v) is 6.72. The summed E-state index contributed by atoms with van der Waals surface area (Å²) < 4.78 is 10.3. The van der Waals surface area contributed by atoms with Gasteiger partial charge in [-0.15, -0.1) is 0 Å². The van der Waals surface area contributed by atoms with Crippen LogP contribution in [0.4, 0.5) is 0 Å². The first kappa shape index (κ1) is 14.9. The lowest BCUT2D eigenvalue weighted by atomic mass is 10.3. The van der Waals surface area contributed by atoms with Crippen molar-refractivity contribution in [1.82, 2.24) is 10.2 Å². The average Bonchev–Trinajstić information content (AvgIpc) is 3.13. The Morgan fingerprint density at radius 2 is 1.81 bits per heavy atom. The van der Waals surface area contributed by atoms with E-state index in [1.54, 1.807) is 41.7 Å². The summed E-state index contributed by atoms with van der Waals surface area (Å²) in [5.74, 6) is 1.17. The monoisotopic (exact) mass is 290 g/mol. The molecule has 1 N–H and O–H groups in total. The SMILES string of the molecule is CC(=O)N(CCC(=O)NCc1ccco1)Cc1ccco1. The smallest absolute Gasteiger partial charge is 0.222 e. The fourth-order valence-corrected chi connectivity index (χ4v) is 1.86. The Bertz CT molecular complexity index is 561. The molecule has 0 aliphatic heterocycles. The largest absolute Gasteiger partial charge is 0.467 e. The van der Waals surface area contributed by atoms with Crippen LogP contribution in [0.2, 0.25) is 0 Å². The van der Waals surface area contributed by atoms with E-state index in [-0.39, 0.29) is 18.2 Å². The van der Waals surface area contributed by atoms with Crippen molar-refractivity contribution in [3.63, 3.8) is 0 Å². The molecule has 112 valence electrons. The lowest BCUT2D eigenvalue weighted by Crippen LogP contribution is -2.33. The van der Waals surface area contributed by atoms with Gasteiger partial charge in [-0.2, -0.15) is 0 Å². The highest BCUT2D eigenvalue weighted by Crippen LogP contribution is 2.06. The highest BCUT2D eigenvalue weighted by Gasteiger charge is 2.13. The molecule has 2 aromatic heterocycles. The number of hydrogen-bond donors (Lipinski definition) is 1. The van der Waals surface area contributed by atoms with Crippen LogP contribution >= 0.6 is 0 Å². The minimum absolute atomic E-state index is 0.0924. The molecule has 2 aromatic rings. The topological polar surface area (TPSA) is 75.7 Å². The van der Waals surface area contributed by atoms with Gasteiger partial charge < -0.3 is 19.1 Å². The van der Waals surface area contributed by atoms with Crippen molar-refractivity contribution in [2.75, 3.05) is 6.54 Å². The highest BCUT2D eigenvalue weighted by molar-refractivity contribution is 5.77. The third kappa shape index (κ3) is 4.83. The van der Waals surface area contributed by atoms with Gasteiger partial charge in [-0.3, -0.25) is 9.59 Å². The van der Waals surface area contributed by atoms with E-state index in [1.165, 1.54) is 6.92 Å². The molecule has 0 saturated carbocycles. The van der Waals surface area contributed by atoms with Gasteiger partial charge in [0.1, 0.15) is 11.5 Å². The van der Waals surface area contributed by atoms with Gasteiger partial charge in [-0.1, -0.05) is 0 Å². The van der Waals surface area contributed by atoms with Crippen LogP contribution in [-0.2, 0) is 22.7 Å². The zero-order valence-corrected chi connectivity index (χ0v) is 11.9. The standard InChI is InChI=1S/C15H18N2O4/c1-12(18)17(11-14-5-3-9-21-14)7-6-15(19)16-10-13-4-2-8-20-13/h2-5,8-9H,6-7,10-11H2,1H3,(H,16,19). The number of nitrogens with one attached hydrogen (secondary N) is 1. The first-order chi connectivity index (χ1) is 10.1. The summed E-state index contributed by atoms with van der Waals surface area (Å²) in [6.45, 7) is 2.54. The van der Waals surface area contributed by atoms with Gasteiger partial charge in [-0.05, 0) is 24.3 Å². The second kappa shape index (κ2) is 7.33. The van der Waals surface area contributed by atoms with E-state index in [2.05, 4.69) is 5.32 Å². The predicted molar refractivity (Wildman–Crippen MR) is 75.0 cm³/mol. The van der Waals surface area contributed by atoms with Crippen LogP contribution in [0.1, 0.15) is 24.9 Å². The molecule has 0 saturated heterocycles. The summed E-state index contributed by atoms with van der Waals surface area (Å²) in [5.41, 5.74) is 0. The van der Waals surface area contributed by atoms with E-state index in [0.717, 1.165) is 0 Å².